The van der Waals surface area contributed by atoms with Crippen molar-refractivity contribution in [2.45, 2.75) is 0 Å². The van der Waals surface area contributed by atoms with Crippen LogP contribution in [0.1, 0.15) is 0 Å². The Kier molecular flexibility index (Phi) is 5.49. The average molecular weight is 485 g/mol. The third-order valence-electron chi connectivity index (χ3n) is 7.20. The number of aromatic nitrogens is 2. The summed E-state index contributed by atoms with van der Waals surface area (Å²) in [6, 6.07) is 47.1. The van der Waals surface area contributed by atoms with Crippen LogP contribution in [0.4, 0.5) is 0 Å². The highest BCUT2D eigenvalue weighted by atomic mass is 14.7. The van der Waals surface area contributed by atoms with Crippen LogP contribution in [0, 0.1) is 0 Å². The smallest absolute Gasteiger partial charge is 0.0708 e. The van der Waals surface area contributed by atoms with E-state index >= 15 is 0 Å². The molecule has 0 radical (unpaired) electrons. The molecular weight excluding hydrogens is 460 g/mol. The predicted molar refractivity (Wildman–Crippen MR) is 159 cm³/mol. The van der Waals surface area contributed by atoms with Crippen LogP contribution in [0.3, 0.4) is 0 Å². The number of hydrogen-bond acceptors (Lipinski definition) is 2. The molecule has 0 aliphatic rings. The van der Waals surface area contributed by atoms with E-state index < -0.39 is 0 Å². The number of hydrogen-bond donors (Lipinski definition) is 0. The second-order valence-electron chi connectivity index (χ2n) is 9.43. The molecule has 0 amide bonds. The van der Waals surface area contributed by atoms with Gasteiger partial charge in [-0.1, -0.05) is 97.1 Å². The monoisotopic (exact) mass is 484 g/mol. The largest absolute Gasteiger partial charge is 0.256 e. The summed E-state index contributed by atoms with van der Waals surface area (Å²) in [7, 11) is 0. The van der Waals surface area contributed by atoms with Crippen molar-refractivity contribution in [1.29, 1.82) is 0 Å². The van der Waals surface area contributed by atoms with Crippen LogP contribution in [-0.4, -0.2) is 9.97 Å². The Morgan fingerprint density at radius 2 is 0.711 bits per heavy atom. The van der Waals surface area contributed by atoms with E-state index in [2.05, 4.69) is 119 Å². The molecule has 7 aromatic rings. The second-order valence-corrected chi connectivity index (χ2v) is 9.43. The van der Waals surface area contributed by atoms with E-state index in [4.69, 9.17) is 0 Å². The molecule has 0 N–H and O–H groups in total. The van der Waals surface area contributed by atoms with E-state index in [1.54, 1.807) is 0 Å². The molecule has 38 heavy (non-hydrogen) atoms. The lowest BCUT2D eigenvalue weighted by Gasteiger charge is -2.17. The molecule has 2 nitrogen and oxygen atoms in total. The molecule has 0 saturated carbocycles. The fraction of sp³-hybridized carbons (Fsp3) is 0. The number of rotatable bonds is 4. The van der Waals surface area contributed by atoms with E-state index in [1.165, 1.54) is 43.8 Å². The summed E-state index contributed by atoms with van der Waals surface area (Å²) in [5.74, 6) is 0. The SMILES string of the molecule is c1ccc(-c2ccccc2-c2ccc(-c3ccccc3-c3ccccn3)c3cc4ccccc4cc23)nc1. The maximum absolute atomic E-state index is 4.67. The molecule has 0 saturated heterocycles. The lowest BCUT2D eigenvalue weighted by atomic mass is 9.87. The van der Waals surface area contributed by atoms with E-state index in [0.29, 0.717) is 0 Å². The summed E-state index contributed by atoms with van der Waals surface area (Å²) in [5, 5.41) is 4.90. The molecule has 7 rings (SSSR count). The van der Waals surface area contributed by atoms with Gasteiger partial charge in [0, 0.05) is 23.5 Å². The second kappa shape index (κ2) is 9.42. The third kappa shape index (κ3) is 3.84. The van der Waals surface area contributed by atoms with Gasteiger partial charge in [-0.3, -0.25) is 9.97 Å². The fourth-order valence-corrected chi connectivity index (χ4v) is 5.43. The van der Waals surface area contributed by atoms with Crippen molar-refractivity contribution >= 4 is 21.5 Å². The molecule has 0 aliphatic heterocycles. The van der Waals surface area contributed by atoms with Gasteiger partial charge < -0.3 is 0 Å². The molecule has 0 fully saturated rings. The first-order valence-corrected chi connectivity index (χ1v) is 12.8. The highest BCUT2D eigenvalue weighted by molar-refractivity contribution is 6.12. The Morgan fingerprint density at radius 3 is 1.13 bits per heavy atom. The third-order valence-corrected chi connectivity index (χ3v) is 7.20. The Hall–Kier alpha value is -5.08. The van der Waals surface area contributed by atoms with Gasteiger partial charge in [-0.25, -0.2) is 0 Å². The quantitative estimate of drug-likeness (QED) is 0.233. The standard InChI is InChI=1S/C36H24N2/c1-2-12-26-24-34-30(28-14-4-6-16-32(28)36-18-8-10-22-38-36)20-19-29(33(34)23-25(26)11-1)27-13-3-5-15-31(27)35-17-7-9-21-37-35/h1-24H. The minimum absolute atomic E-state index is 0.974. The topological polar surface area (TPSA) is 25.8 Å². The average Bonchev–Trinajstić information content (AvgIpc) is 3.00. The highest BCUT2D eigenvalue weighted by Crippen LogP contribution is 2.42. The van der Waals surface area contributed by atoms with Gasteiger partial charge in [-0.2, -0.15) is 0 Å². The zero-order valence-electron chi connectivity index (χ0n) is 20.8. The van der Waals surface area contributed by atoms with E-state index in [1.807, 2.05) is 36.7 Å². The van der Waals surface area contributed by atoms with Crippen molar-refractivity contribution in [3.05, 3.63) is 146 Å². The Balaban J connectivity index is 1.54. The fourth-order valence-electron chi connectivity index (χ4n) is 5.43. The number of fused-ring (bicyclic) bond motifs is 2. The summed E-state index contributed by atoms with van der Waals surface area (Å²) in [6.07, 6.45) is 3.71. The van der Waals surface area contributed by atoms with Gasteiger partial charge in [0.05, 0.1) is 11.4 Å². The van der Waals surface area contributed by atoms with Gasteiger partial charge in [0.15, 0.2) is 0 Å². The molecule has 0 spiro atoms. The van der Waals surface area contributed by atoms with E-state index in [-0.39, 0.29) is 0 Å². The van der Waals surface area contributed by atoms with Crippen LogP contribution in [0.2, 0.25) is 0 Å². The van der Waals surface area contributed by atoms with Crippen LogP contribution in [0.15, 0.2) is 146 Å². The minimum atomic E-state index is 0.974. The van der Waals surface area contributed by atoms with Gasteiger partial charge >= 0.3 is 0 Å². The van der Waals surface area contributed by atoms with Gasteiger partial charge in [0.1, 0.15) is 0 Å². The van der Waals surface area contributed by atoms with Crippen LogP contribution >= 0.6 is 0 Å². The lowest BCUT2D eigenvalue weighted by molar-refractivity contribution is 1.33. The van der Waals surface area contributed by atoms with Crippen LogP contribution < -0.4 is 0 Å². The lowest BCUT2D eigenvalue weighted by Crippen LogP contribution is -1.92. The van der Waals surface area contributed by atoms with Crippen molar-refractivity contribution in [3.8, 4) is 44.8 Å². The molecule has 0 unspecified atom stereocenters. The van der Waals surface area contributed by atoms with Crippen molar-refractivity contribution in [2.75, 3.05) is 0 Å². The van der Waals surface area contributed by atoms with Crippen LogP contribution in [-0.2, 0) is 0 Å². The van der Waals surface area contributed by atoms with Crippen LogP contribution in [0.5, 0.6) is 0 Å². The minimum Gasteiger partial charge on any atom is -0.256 e. The van der Waals surface area contributed by atoms with Gasteiger partial charge in [0.25, 0.3) is 0 Å². The Morgan fingerprint density at radius 1 is 0.316 bits per heavy atom. The summed E-state index contributed by atoms with van der Waals surface area (Å²) < 4.78 is 0. The van der Waals surface area contributed by atoms with Crippen molar-refractivity contribution < 1.29 is 0 Å². The van der Waals surface area contributed by atoms with Gasteiger partial charge in [0.2, 0.25) is 0 Å². The number of nitrogens with zero attached hydrogens (tertiary/aromatic N) is 2. The van der Waals surface area contributed by atoms with Crippen molar-refractivity contribution in [2.24, 2.45) is 0 Å². The summed E-state index contributed by atoms with van der Waals surface area (Å²) in [5.41, 5.74) is 8.96. The summed E-state index contributed by atoms with van der Waals surface area (Å²) >= 11 is 0. The molecule has 5 aromatic carbocycles. The predicted octanol–water partition coefficient (Wildman–Crippen LogP) is 9.45. The maximum Gasteiger partial charge on any atom is 0.0708 e. The van der Waals surface area contributed by atoms with E-state index in [0.717, 1.165) is 22.5 Å². The molecule has 2 heterocycles. The van der Waals surface area contributed by atoms with Crippen LogP contribution in [0.25, 0.3) is 66.3 Å². The zero-order chi connectivity index (χ0) is 25.3. The first-order valence-electron chi connectivity index (χ1n) is 12.8. The Bertz CT molecular complexity index is 1770. The summed E-state index contributed by atoms with van der Waals surface area (Å²) in [6.45, 7) is 0. The van der Waals surface area contributed by atoms with Crippen molar-refractivity contribution in [3.63, 3.8) is 0 Å². The molecule has 0 atom stereocenters. The van der Waals surface area contributed by atoms with Gasteiger partial charge in [-0.05, 0) is 80.2 Å². The first kappa shape index (κ1) is 22.1. The van der Waals surface area contributed by atoms with E-state index in [9.17, 15) is 0 Å². The molecule has 0 aliphatic carbocycles. The molecule has 178 valence electrons. The zero-order valence-corrected chi connectivity index (χ0v) is 20.8. The normalized spacial score (nSPS) is 11.2. The highest BCUT2D eigenvalue weighted by Gasteiger charge is 2.16. The summed E-state index contributed by atoms with van der Waals surface area (Å²) in [4.78, 5) is 9.34. The number of pyridine rings is 2. The molecule has 2 aromatic heterocycles. The number of benzene rings is 5. The first-order chi connectivity index (χ1) is 18.9. The Labute approximate surface area is 221 Å². The molecular formula is C36H24N2. The molecule has 0 bridgehead atoms. The van der Waals surface area contributed by atoms with Crippen molar-refractivity contribution in [1.82, 2.24) is 9.97 Å². The van der Waals surface area contributed by atoms with Gasteiger partial charge in [-0.15, -0.1) is 0 Å². The molecule has 2 heteroatoms. The maximum atomic E-state index is 4.67.